The van der Waals surface area contributed by atoms with Crippen molar-refractivity contribution in [2.75, 3.05) is 6.61 Å². The molecule has 6 nitrogen and oxygen atoms in total. The fourth-order valence-corrected chi connectivity index (χ4v) is 1.21. The summed E-state index contributed by atoms with van der Waals surface area (Å²) < 4.78 is 5.18. The third kappa shape index (κ3) is 2.93. The summed E-state index contributed by atoms with van der Waals surface area (Å²) in [5.74, 6) is -0.600. The second kappa shape index (κ2) is 5.29. The van der Waals surface area contributed by atoms with Crippen LogP contribution in [0.4, 0.5) is 5.69 Å². The molecule has 0 aliphatic heterocycles. The number of carbonyl (C=O) groups excluding carboxylic acids is 1. The van der Waals surface area contributed by atoms with E-state index >= 15 is 0 Å². The highest BCUT2D eigenvalue weighted by molar-refractivity contribution is 5.82. The van der Waals surface area contributed by atoms with Crippen molar-refractivity contribution in [3.8, 4) is 11.5 Å². The van der Waals surface area contributed by atoms with E-state index in [4.69, 9.17) is 4.74 Å². The Morgan fingerprint density at radius 2 is 2.18 bits per heavy atom. The zero-order valence-electron chi connectivity index (χ0n) is 9.54. The molecule has 1 N–H and O–H groups in total. The van der Waals surface area contributed by atoms with Crippen molar-refractivity contribution in [3.05, 3.63) is 27.8 Å². The molecular weight excluding hydrogens is 226 g/mol. The fraction of sp³-hybridized carbons (Fsp3) is 0.364. The molecule has 0 unspecified atom stereocenters. The van der Waals surface area contributed by atoms with Crippen LogP contribution in [0.25, 0.3) is 0 Å². The largest absolute Gasteiger partial charge is 0.504 e. The van der Waals surface area contributed by atoms with Gasteiger partial charge in [0.05, 0.1) is 17.1 Å². The molecular formula is C11H13NO5. The van der Waals surface area contributed by atoms with Crippen LogP contribution in [-0.4, -0.2) is 22.9 Å². The quantitative estimate of drug-likeness (QED) is 0.483. The van der Waals surface area contributed by atoms with E-state index in [-0.39, 0.29) is 29.5 Å². The van der Waals surface area contributed by atoms with E-state index in [1.165, 1.54) is 6.07 Å². The van der Waals surface area contributed by atoms with Gasteiger partial charge in [-0.15, -0.1) is 0 Å². The number of aromatic hydroxyl groups is 1. The van der Waals surface area contributed by atoms with Crippen LogP contribution < -0.4 is 4.74 Å². The lowest BCUT2D eigenvalue weighted by Gasteiger charge is -2.11. The zero-order valence-corrected chi connectivity index (χ0v) is 9.54. The maximum absolute atomic E-state index is 10.7. The number of phenolic OH excluding ortho intramolecular Hbond substituents is 1. The molecule has 0 saturated heterocycles. The lowest BCUT2D eigenvalue weighted by atomic mass is 10.1. The van der Waals surface area contributed by atoms with Crippen LogP contribution in [0, 0.1) is 16.0 Å². The molecule has 0 amide bonds. The van der Waals surface area contributed by atoms with Gasteiger partial charge in [-0.2, -0.15) is 0 Å². The van der Waals surface area contributed by atoms with E-state index in [0.717, 1.165) is 6.07 Å². The summed E-state index contributed by atoms with van der Waals surface area (Å²) in [6.07, 6.45) is 0.418. The number of nitro groups is 1. The minimum absolute atomic E-state index is 0.0330. The number of nitrogens with zero attached hydrogens (tertiary/aromatic N) is 1. The molecule has 0 aliphatic carbocycles. The van der Waals surface area contributed by atoms with Crippen LogP contribution in [0.15, 0.2) is 12.1 Å². The molecule has 0 heterocycles. The second-order valence-electron chi connectivity index (χ2n) is 3.93. The molecule has 0 aromatic heterocycles. The first-order chi connectivity index (χ1) is 7.97. The van der Waals surface area contributed by atoms with Gasteiger partial charge in [0.1, 0.15) is 0 Å². The summed E-state index contributed by atoms with van der Waals surface area (Å²) in [7, 11) is 0. The SMILES string of the molecule is CC(C)COc1c([N+](=O)[O-])ccc(C=O)c1O. The molecule has 0 radical (unpaired) electrons. The molecule has 17 heavy (non-hydrogen) atoms. The minimum Gasteiger partial charge on any atom is -0.504 e. The number of phenols is 1. The summed E-state index contributed by atoms with van der Waals surface area (Å²) in [6.45, 7) is 3.95. The average molecular weight is 239 g/mol. The van der Waals surface area contributed by atoms with Crippen molar-refractivity contribution in [3.63, 3.8) is 0 Å². The van der Waals surface area contributed by atoms with Gasteiger partial charge in [-0.25, -0.2) is 0 Å². The Morgan fingerprint density at radius 1 is 1.53 bits per heavy atom. The number of hydrogen-bond donors (Lipinski definition) is 1. The van der Waals surface area contributed by atoms with Crippen LogP contribution in [-0.2, 0) is 0 Å². The van der Waals surface area contributed by atoms with Gasteiger partial charge in [-0.1, -0.05) is 13.8 Å². The van der Waals surface area contributed by atoms with Gasteiger partial charge in [-0.3, -0.25) is 14.9 Å². The van der Waals surface area contributed by atoms with E-state index in [1.807, 2.05) is 13.8 Å². The van der Waals surface area contributed by atoms with E-state index in [0.29, 0.717) is 6.29 Å². The second-order valence-corrected chi connectivity index (χ2v) is 3.93. The lowest BCUT2D eigenvalue weighted by molar-refractivity contribution is -0.386. The maximum atomic E-state index is 10.7. The molecule has 1 aromatic carbocycles. The molecule has 0 bridgehead atoms. The lowest BCUT2D eigenvalue weighted by Crippen LogP contribution is -2.07. The first-order valence-corrected chi connectivity index (χ1v) is 5.05. The van der Waals surface area contributed by atoms with Crippen LogP contribution in [0.1, 0.15) is 24.2 Å². The fourth-order valence-electron chi connectivity index (χ4n) is 1.21. The third-order valence-corrected chi connectivity index (χ3v) is 2.03. The highest BCUT2D eigenvalue weighted by Gasteiger charge is 2.22. The van der Waals surface area contributed by atoms with Crippen molar-refractivity contribution in [2.45, 2.75) is 13.8 Å². The normalized spacial score (nSPS) is 10.3. The van der Waals surface area contributed by atoms with Crippen molar-refractivity contribution >= 4 is 12.0 Å². The Morgan fingerprint density at radius 3 is 2.65 bits per heavy atom. The van der Waals surface area contributed by atoms with Gasteiger partial charge in [0.25, 0.3) is 0 Å². The summed E-state index contributed by atoms with van der Waals surface area (Å²) in [5, 5.41) is 20.4. The summed E-state index contributed by atoms with van der Waals surface area (Å²) in [5.41, 5.74) is -0.386. The minimum atomic E-state index is -0.663. The number of hydrogen-bond acceptors (Lipinski definition) is 5. The van der Waals surface area contributed by atoms with Crippen molar-refractivity contribution in [1.29, 1.82) is 0 Å². The van der Waals surface area contributed by atoms with Gasteiger partial charge >= 0.3 is 5.69 Å². The molecule has 1 aromatic rings. The molecule has 0 aliphatic rings. The average Bonchev–Trinajstić information content (AvgIpc) is 2.26. The third-order valence-electron chi connectivity index (χ3n) is 2.03. The highest BCUT2D eigenvalue weighted by atomic mass is 16.6. The molecule has 92 valence electrons. The van der Waals surface area contributed by atoms with Crippen LogP contribution >= 0.6 is 0 Å². The van der Waals surface area contributed by atoms with Gasteiger partial charge in [0, 0.05) is 6.07 Å². The van der Waals surface area contributed by atoms with Gasteiger partial charge < -0.3 is 9.84 Å². The van der Waals surface area contributed by atoms with E-state index < -0.39 is 10.7 Å². The number of carbonyl (C=O) groups is 1. The van der Waals surface area contributed by atoms with Gasteiger partial charge in [0.15, 0.2) is 12.0 Å². The first-order valence-electron chi connectivity index (χ1n) is 5.05. The number of aldehydes is 1. The van der Waals surface area contributed by atoms with E-state index in [9.17, 15) is 20.0 Å². The van der Waals surface area contributed by atoms with Crippen LogP contribution in [0.3, 0.4) is 0 Å². The number of nitro benzene ring substituents is 1. The predicted molar refractivity (Wildman–Crippen MR) is 60.5 cm³/mol. The molecule has 0 atom stereocenters. The van der Waals surface area contributed by atoms with Crippen molar-refractivity contribution in [1.82, 2.24) is 0 Å². The molecule has 0 saturated carbocycles. The molecule has 1 rings (SSSR count). The highest BCUT2D eigenvalue weighted by Crippen LogP contribution is 2.38. The number of benzene rings is 1. The number of rotatable bonds is 5. The van der Waals surface area contributed by atoms with Gasteiger partial charge in [-0.05, 0) is 12.0 Å². The van der Waals surface area contributed by atoms with Crippen LogP contribution in [0.5, 0.6) is 11.5 Å². The number of ether oxygens (including phenoxy) is 1. The van der Waals surface area contributed by atoms with Crippen LogP contribution in [0.2, 0.25) is 0 Å². The summed E-state index contributed by atoms with van der Waals surface area (Å²) in [4.78, 5) is 20.7. The smallest absolute Gasteiger partial charge is 0.314 e. The standard InChI is InChI=1S/C11H13NO5/c1-7(2)6-17-11-9(12(15)16)4-3-8(5-13)10(11)14/h3-5,7,14H,6H2,1-2H3. The first kappa shape index (κ1) is 13.0. The molecule has 0 fully saturated rings. The summed E-state index contributed by atoms with van der Waals surface area (Å²) >= 11 is 0. The Bertz CT molecular complexity index is 442. The molecule has 6 heteroatoms. The monoisotopic (exact) mass is 239 g/mol. The van der Waals surface area contributed by atoms with E-state index in [1.54, 1.807) is 0 Å². The topological polar surface area (TPSA) is 89.7 Å². The van der Waals surface area contributed by atoms with Crippen molar-refractivity contribution in [2.24, 2.45) is 5.92 Å². The predicted octanol–water partition coefficient (Wildman–Crippen LogP) is 2.15. The van der Waals surface area contributed by atoms with Crippen molar-refractivity contribution < 1.29 is 19.6 Å². The van der Waals surface area contributed by atoms with E-state index in [2.05, 4.69) is 0 Å². The van der Waals surface area contributed by atoms with Gasteiger partial charge in [0.2, 0.25) is 5.75 Å². The summed E-state index contributed by atoms with van der Waals surface area (Å²) in [6, 6.07) is 2.32. The Balaban J connectivity index is 3.19. The maximum Gasteiger partial charge on any atom is 0.314 e. The molecule has 0 spiro atoms. The Labute approximate surface area is 98.0 Å². The Kier molecular flexibility index (Phi) is 4.03. The zero-order chi connectivity index (χ0) is 13.0. The Hall–Kier alpha value is -2.11.